The Balaban J connectivity index is 1.92. The topological polar surface area (TPSA) is 46.0 Å². The van der Waals surface area contributed by atoms with Crippen LogP contribution in [0.5, 0.6) is 0 Å². The summed E-state index contributed by atoms with van der Waals surface area (Å²) in [6.07, 6.45) is 5.32. The molecule has 1 aromatic heterocycles. The average molecular weight is 237 g/mol. The van der Waals surface area contributed by atoms with E-state index in [0.29, 0.717) is 6.04 Å². The van der Waals surface area contributed by atoms with Gasteiger partial charge in [-0.3, -0.25) is 4.90 Å². The Labute approximate surface area is 103 Å². The molecule has 1 aliphatic rings. The number of aryl methyl sites for hydroxylation is 1. The molecule has 0 aromatic carbocycles. The Bertz CT molecular complexity index is 329. The highest BCUT2D eigenvalue weighted by Crippen LogP contribution is 2.11. The summed E-state index contributed by atoms with van der Waals surface area (Å²) in [4.78, 5) is 6.75. The van der Waals surface area contributed by atoms with Crippen molar-refractivity contribution in [2.24, 2.45) is 0 Å². The fourth-order valence-corrected chi connectivity index (χ4v) is 2.37. The molecule has 1 atom stereocenters. The van der Waals surface area contributed by atoms with E-state index >= 15 is 0 Å². The van der Waals surface area contributed by atoms with Gasteiger partial charge < -0.3 is 5.32 Å². The Morgan fingerprint density at radius 2 is 2.47 bits per heavy atom. The smallest absolute Gasteiger partial charge is 0.141 e. The van der Waals surface area contributed by atoms with E-state index in [2.05, 4.69) is 34.3 Å². The number of hydrogen-bond donors (Lipinski definition) is 1. The number of hydrogen-bond acceptors (Lipinski definition) is 4. The summed E-state index contributed by atoms with van der Waals surface area (Å²) >= 11 is 0. The Hall–Kier alpha value is -0.940. The predicted octanol–water partition coefficient (Wildman–Crippen LogP) is 0.872. The van der Waals surface area contributed by atoms with Gasteiger partial charge in [0.25, 0.3) is 0 Å². The molecule has 1 N–H and O–H groups in total. The molecule has 96 valence electrons. The fourth-order valence-electron chi connectivity index (χ4n) is 2.37. The molecule has 1 fully saturated rings. The van der Waals surface area contributed by atoms with Crippen LogP contribution in [0, 0.1) is 0 Å². The zero-order valence-electron chi connectivity index (χ0n) is 10.9. The van der Waals surface area contributed by atoms with Crippen LogP contribution in [0.25, 0.3) is 0 Å². The van der Waals surface area contributed by atoms with Crippen LogP contribution in [0.3, 0.4) is 0 Å². The fraction of sp³-hybridized carbons (Fsp3) is 0.833. The van der Waals surface area contributed by atoms with E-state index in [1.54, 1.807) is 6.33 Å². The van der Waals surface area contributed by atoms with Crippen LogP contribution in [0.15, 0.2) is 6.33 Å². The second-order valence-corrected chi connectivity index (χ2v) is 4.81. The van der Waals surface area contributed by atoms with Gasteiger partial charge >= 0.3 is 0 Å². The van der Waals surface area contributed by atoms with Crippen molar-refractivity contribution in [2.75, 3.05) is 20.1 Å². The Morgan fingerprint density at radius 3 is 3.18 bits per heavy atom. The average Bonchev–Trinajstić information content (AvgIpc) is 2.78. The van der Waals surface area contributed by atoms with Crippen molar-refractivity contribution in [1.29, 1.82) is 0 Å². The van der Waals surface area contributed by atoms with Crippen LogP contribution in [-0.2, 0) is 13.1 Å². The van der Waals surface area contributed by atoms with Crippen LogP contribution in [-0.4, -0.2) is 45.8 Å². The van der Waals surface area contributed by atoms with Crippen molar-refractivity contribution in [1.82, 2.24) is 25.0 Å². The van der Waals surface area contributed by atoms with Crippen molar-refractivity contribution in [3.05, 3.63) is 12.2 Å². The largest absolute Gasteiger partial charge is 0.315 e. The lowest BCUT2D eigenvalue weighted by atomic mass is 10.1. The SMILES string of the molecule is CCCn1ncnc1CN(C)C1CCCNC1. The minimum Gasteiger partial charge on any atom is -0.315 e. The van der Waals surface area contributed by atoms with Gasteiger partial charge in [0.05, 0.1) is 6.54 Å². The van der Waals surface area contributed by atoms with E-state index < -0.39 is 0 Å². The van der Waals surface area contributed by atoms with Gasteiger partial charge in [-0.25, -0.2) is 9.67 Å². The van der Waals surface area contributed by atoms with E-state index in [0.717, 1.165) is 38.4 Å². The van der Waals surface area contributed by atoms with Crippen LogP contribution in [0.1, 0.15) is 32.0 Å². The molecule has 5 heteroatoms. The molecule has 17 heavy (non-hydrogen) atoms. The molecule has 0 spiro atoms. The van der Waals surface area contributed by atoms with Crippen molar-refractivity contribution in [2.45, 2.75) is 45.3 Å². The van der Waals surface area contributed by atoms with E-state index in [1.807, 2.05) is 4.68 Å². The molecular formula is C12H23N5. The van der Waals surface area contributed by atoms with Crippen LogP contribution in [0.4, 0.5) is 0 Å². The third kappa shape index (κ3) is 3.26. The Kier molecular flexibility index (Phi) is 4.50. The summed E-state index contributed by atoms with van der Waals surface area (Å²) in [5.74, 6) is 1.08. The maximum absolute atomic E-state index is 4.36. The van der Waals surface area contributed by atoms with Crippen molar-refractivity contribution in [3.63, 3.8) is 0 Å². The Morgan fingerprint density at radius 1 is 1.59 bits per heavy atom. The molecule has 5 nitrogen and oxygen atoms in total. The highest BCUT2D eigenvalue weighted by molar-refractivity contribution is 4.87. The number of rotatable bonds is 5. The van der Waals surface area contributed by atoms with Gasteiger partial charge in [0.2, 0.25) is 0 Å². The summed E-state index contributed by atoms with van der Waals surface area (Å²) in [6, 6.07) is 0.635. The third-order valence-corrected chi connectivity index (χ3v) is 3.42. The molecule has 0 saturated carbocycles. The van der Waals surface area contributed by atoms with Crippen LogP contribution < -0.4 is 5.32 Å². The molecule has 2 heterocycles. The summed E-state index contributed by atoms with van der Waals surface area (Å²) in [6.45, 7) is 6.29. The van der Waals surface area contributed by atoms with Crippen molar-refractivity contribution in [3.8, 4) is 0 Å². The first-order valence-electron chi connectivity index (χ1n) is 6.59. The van der Waals surface area contributed by atoms with Gasteiger partial charge in [-0.15, -0.1) is 0 Å². The van der Waals surface area contributed by atoms with E-state index in [9.17, 15) is 0 Å². The van der Waals surface area contributed by atoms with Crippen LogP contribution in [0.2, 0.25) is 0 Å². The minimum atomic E-state index is 0.635. The minimum absolute atomic E-state index is 0.635. The van der Waals surface area contributed by atoms with Gasteiger partial charge in [-0.2, -0.15) is 5.10 Å². The molecule has 0 amide bonds. The van der Waals surface area contributed by atoms with Gasteiger partial charge in [-0.1, -0.05) is 6.92 Å². The summed E-state index contributed by atoms with van der Waals surface area (Å²) in [5, 5.41) is 7.72. The summed E-state index contributed by atoms with van der Waals surface area (Å²) in [5.41, 5.74) is 0. The predicted molar refractivity (Wildman–Crippen MR) is 67.7 cm³/mol. The highest BCUT2D eigenvalue weighted by atomic mass is 15.3. The van der Waals surface area contributed by atoms with Crippen molar-refractivity contribution >= 4 is 0 Å². The molecule has 1 saturated heterocycles. The standard InChI is InChI=1S/C12H23N5/c1-3-7-17-12(14-10-15-17)9-16(2)11-5-4-6-13-8-11/h10-11,13H,3-9H2,1-2H3. The number of piperidine rings is 1. The molecule has 0 aliphatic carbocycles. The normalized spacial score (nSPS) is 21.0. The number of aromatic nitrogens is 3. The second-order valence-electron chi connectivity index (χ2n) is 4.81. The summed E-state index contributed by atoms with van der Waals surface area (Å²) < 4.78 is 2.02. The first-order valence-corrected chi connectivity index (χ1v) is 6.59. The molecule has 2 rings (SSSR count). The lowest BCUT2D eigenvalue weighted by molar-refractivity contribution is 0.189. The quantitative estimate of drug-likeness (QED) is 0.825. The van der Waals surface area contributed by atoms with Gasteiger partial charge in [0.15, 0.2) is 0 Å². The number of nitrogens with one attached hydrogen (secondary N) is 1. The van der Waals surface area contributed by atoms with Gasteiger partial charge in [0, 0.05) is 19.1 Å². The third-order valence-electron chi connectivity index (χ3n) is 3.42. The lowest BCUT2D eigenvalue weighted by Crippen LogP contribution is -2.44. The molecular weight excluding hydrogens is 214 g/mol. The first-order chi connectivity index (χ1) is 8.31. The summed E-state index contributed by atoms with van der Waals surface area (Å²) in [7, 11) is 2.18. The van der Waals surface area contributed by atoms with E-state index in [1.165, 1.54) is 12.8 Å². The molecule has 1 unspecified atom stereocenters. The number of likely N-dealkylation sites (N-methyl/N-ethyl adjacent to an activating group) is 1. The first kappa shape index (κ1) is 12.5. The van der Waals surface area contributed by atoms with Crippen molar-refractivity contribution < 1.29 is 0 Å². The van der Waals surface area contributed by atoms with Gasteiger partial charge in [0.1, 0.15) is 12.2 Å². The second kappa shape index (κ2) is 6.12. The highest BCUT2D eigenvalue weighted by Gasteiger charge is 2.19. The maximum Gasteiger partial charge on any atom is 0.141 e. The monoisotopic (exact) mass is 237 g/mol. The maximum atomic E-state index is 4.36. The zero-order valence-corrected chi connectivity index (χ0v) is 10.9. The molecule has 0 bridgehead atoms. The van der Waals surface area contributed by atoms with E-state index in [4.69, 9.17) is 0 Å². The zero-order chi connectivity index (χ0) is 12.1. The van der Waals surface area contributed by atoms with Gasteiger partial charge in [-0.05, 0) is 32.9 Å². The molecule has 0 radical (unpaired) electrons. The van der Waals surface area contributed by atoms with Crippen LogP contribution >= 0.6 is 0 Å². The molecule has 1 aliphatic heterocycles. The lowest BCUT2D eigenvalue weighted by Gasteiger charge is -2.31. The number of nitrogens with zero attached hydrogens (tertiary/aromatic N) is 4. The van der Waals surface area contributed by atoms with E-state index in [-0.39, 0.29) is 0 Å². The molecule has 1 aromatic rings.